The Kier molecular flexibility index (Phi) is 6.31. The first kappa shape index (κ1) is 21.0. The van der Waals surface area contributed by atoms with Gasteiger partial charge in [-0.3, -0.25) is 9.10 Å². The molecule has 0 aliphatic rings. The first-order chi connectivity index (χ1) is 12.5. The molecule has 0 bridgehead atoms. The lowest BCUT2D eigenvalue weighted by atomic mass is 10.1. The van der Waals surface area contributed by atoms with Crippen LogP contribution in [0, 0.1) is 34.6 Å². The molecule has 0 aliphatic carbocycles. The van der Waals surface area contributed by atoms with Gasteiger partial charge in [-0.25, -0.2) is 8.42 Å². The van der Waals surface area contributed by atoms with E-state index in [1.807, 2.05) is 65.0 Å². The molecule has 6 heteroatoms. The van der Waals surface area contributed by atoms with E-state index in [2.05, 4.69) is 5.32 Å². The molecule has 5 nitrogen and oxygen atoms in total. The van der Waals surface area contributed by atoms with Gasteiger partial charge in [0.05, 0.1) is 11.9 Å². The molecule has 0 radical (unpaired) electrons. The highest BCUT2D eigenvalue weighted by atomic mass is 32.2. The lowest BCUT2D eigenvalue weighted by Crippen LogP contribution is -2.34. The first-order valence-electron chi connectivity index (χ1n) is 8.91. The molecule has 0 aromatic heterocycles. The molecule has 0 saturated heterocycles. The van der Waals surface area contributed by atoms with Crippen molar-refractivity contribution in [3.8, 4) is 0 Å². The summed E-state index contributed by atoms with van der Waals surface area (Å²) in [6.45, 7) is 9.85. The van der Waals surface area contributed by atoms with E-state index in [0.29, 0.717) is 5.69 Å². The van der Waals surface area contributed by atoms with Crippen LogP contribution in [-0.2, 0) is 14.8 Å². The Hall–Kier alpha value is -2.34. The zero-order chi connectivity index (χ0) is 20.4. The Morgan fingerprint density at radius 3 is 2.04 bits per heavy atom. The third kappa shape index (κ3) is 5.32. The van der Waals surface area contributed by atoms with Crippen LogP contribution in [0.4, 0.5) is 11.4 Å². The van der Waals surface area contributed by atoms with Crippen LogP contribution in [0.1, 0.15) is 34.2 Å². The summed E-state index contributed by atoms with van der Waals surface area (Å²) in [5, 5.41) is 2.85. The minimum atomic E-state index is -3.50. The summed E-state index contributed by atoms with van der Waals surface area (Å²) in [6.07, 6.45) is 1.25. The lowest BCUT2D eigenvalue weighted by molar-refractivity contribution is -0.116. The fourth-order valence-corrected chi connectivity index (χ4v) is 4.30. The summed E-state index contributed by atoms with van der Waals surface area (Å²) in [5.41, 5.74) is 6.46. The van der Waals surface area contributed by atoms with Crippen molar-refractivity contribution in [1.29, 1.82) is 0 Å². The zero-order valence-corrected chi connectivity index (χ0v) is 17.7. The Balaban J connectivity index is 2.18. The molecule has 0 heterocycles. The Bertz CT molecular complexity index is 942. The molecule has 0 fully saturated rings. The zero-order valence-electron chi connectivity index (χ0n) is 16.9. The summed E-state index contributed by atoms with van der Waals surface area (Å²) >= 11 is 0. The number of carbonyl (C=O) groups is 1. The predicted octanol–water partition coefficient (Wildman–Crippen LogP) is 4.02. The molecule has 0 unspecified atom stereocenters. The molecular formula is C21H28N2O3S. The van der Waals surface area contributed by atoms with Gasteiger partial charge in [0.15, 0.2) is 0 Å². The van der Waals surface area contributed by atoms with Crippen molar-refractivity contribution in [2.45, 2.75) is 41.0 Å². The number of nitrogens with zero attached hydrogens (tertiary/aromatic N) is 1. The van der Waals surface area contributed by atoms with Crippen LogP contribution in [0.2, 0.25) is 0 Å². The average Bonchev–Trinajstić information content (AvgIpc) is 2.52. The van der Waals surface area contributed by atoms with Crippen LogP contribution in [0.5, 0.6) is 0 Å². The van der Waals surface area contributed by atoms with Crippen LogP contribution in [0.25, 0.3) is 0 Å². The van der Waals surface area contributed by atoms with E-state index in [9.17, 15) is 13.2 Å². The molecule has 2 aromatic rings. The third-order valence-corrected chi connectivity index (χ3v) is 5.78. The van der Waals surface area contributed by atoms with E-state index in [4.69, 9.17) is 0 Å². The van der Waals surface area contributed by atoms with E-state index in [1.165, 1.54) is 10.6 Å². The molecule has 0 atom stereocenters. The number of anilines is 2. The second-order valence-corrected chi connectivity index (χ2v) is 9.09. The highest BCUT2D eigenvalue weighted by molar-refractivity contribution is 7.92. The van der Waals surface area contributed by atoms with Gasteiger partial charge in [0.2, 0.25) is 15.9 Å². The molecule has 27 heavy (non-hydrogen) atoms. The van der Waals surface area contributed by atoms with Crippen LogP contribution >= 0.6 is 0 Å². The fourth-order valence-electron chi connectivity index (χ4n) is 3.25. The largest absolute Gasteiger partial charge is 0.326 e. The third-order valence-electron chi connectivity index (χ3n) is 4.62. The van der Waals surface area contributed by atoms with Crippen LogP contribution < -0.4 is 9.62 Å². The number of rotatable bonds is 6. The van der Waals surface area contributed by atoms with Crippen LogP contribution in [0.15, 0.2) is 30.3 Å². The van der Waals surface area contributed by atoms with Crippen molar-refractivity contribution in [3.05, 3.63) is 58.1 Å². The molecule has 2 aromatic carbocycles. The number of carbonyl (C=O) groups excluding carboxylic acids is 1. The molecule has 0 spiro atoms. The molecule has 2 rings (SSSR count). The Morgan fingerprint density at radius 2 is 1.52 bits per heavy atom. The first-order valence-corrected chi connectivity index (χ1v) is 10.8. The van der Waals surface area contributed by atoms with E-state index in [-0.39, 0.29) is 18.9 Å². The number of hydrogen-bond donors (Lipinski definition) is 1. The number of benzene rings is 2. The summed E-state index contributed by atoms with van der Waals surface area (Å²) in [5.74, 6) is -0.214. The van der Waals surface area contributed by atoms with E-state index < -0.39 is 10.0 Å². The molecule has 0 saturated carbocycles. The van der Waals surface area contributed by atoms with Gasteiger partial charge in [-0.2, -0.15) is 0 Å². The SMILES string of the molecule is Cc1cc(C)c(N(CCC(=O)Nc2ccc(C)c(C)c2)S(C)(=O)=O)c(C)c1. The number of hydrogen-bond acceptors (Lipinski definition) is 3. The van der Waals surface area contributed by atoms with Gasteiger partial charge in [0.1, 0.15) is 0 Å². The number of amides is 1. The summed E-state index contributed by atoms with van der Waals surface area (Å²) < 4.78 is 26.1. The summed E-state index contributed by atoms with van der Waals surface area (Å²) in [7, 11) is -3.50. The number of sulfonamides is 1. The monoisotopic (exact) mass is 388 g/mol. The van der Waals surface area contributed by atoms with Crippen molar-refractivity contribution in [2.24, 2.45) is 0 Å². The van der Waals surface area contributed by atoms with Gasteiger partial charge >= 0.3 is 0 Å². The molecule has 0 aliphatic heterocycles. The second kappa shape index (κ2) is 8.13. The topological polar surface area (TPSA) is 66.5 Å². The van der Waals surface area contributed by atoms with Gasteiger partial charge in [-0.05, 0) is 69.0 Å². The quantitative estimate of drug-likeness (QED) is 0.813. The van der Waals surface area contributed by atoms with Crippen molar-refractivity contribution in [2.75, 3.05) is 22.4 Å². The molecular weight excluding hydrogens is 360 g/mol. The minimum absolute atomic E-state index is 0.0761. The molecule has 146 valence electrons. The van der Waals surface area contributed by atoms with Crippen LogP contribution in [0.3, 0.4) is 0 Å². The normalized spacial score (nSPS) is 11.3. The predicted molar refractivity (Wildman–Crippen MR) is 112 cm³/mol. The van der Waals surface area contributed by atoms with Gasteiger partial charge in [-0.1, -0.05) is 23.8 Å². The maximum atomic E-state index is 12.4. The number of aryl methyl sites for hydroxylation is 5. The Morgan fingerprint density at radius 1 is 0.926 bits per heavy atom. The summed E-state index contributed by atoms with van der Waals surface area (Å²) in [6, 6.07) is 9.62. The van der Waals surface area contributed by atoms with Crippen molar-refractivity contribution in [3.63, 3.8) is 0 Å². The highest BCUT2D eigenvalue weighted by Crippen LogP contribution is 2.28. The highest BCUT2D eigenvalue weighted by Gasteiger charge is 2.22. The smallest absolute Gasteiger partial charge is 0.232 e. The van der Waals surface area contributed by atoms with Crippen molar-refractivity contribution in [1.82, 2.24) is 0 Å². The minimum Gasteiger partial charge on any atom is -0.326 e. The second-order valence-electron chi connectivity index (χ2n) is 7.18. The summed E-state index contributed by atoms with van der Waals surface area (Å²) in [4.78, 5) is 12.4. The van der Waals surface area contributed by atoms with E-state index >= 15 is 0 Å². The standard InChI is InChI=1S/C21H28N2O3S/c1-14-11-17(4)21(18(5)12-14)23(27(6,25)26)10-9-20(24)22-19-8-7-15(2)16(3)13-19/h7-8,11-13H,9-10H2,1-6H3,(H,22,24). The molecule has 1 N–H and O–H groups in total. The van der Waals surface area contributed by atoms with Crippen LogP contribution in [-0.4, -0.2) is 27.1 Å². The van der Waals surface area contributed by atoms with Crippen molar-refractivity contribution >= 4 is 27.3 Å². The maximum absolute atomic E-state index is 12.4. The average molecular weight is 389 g/mol. The van der Waals surface area contributed by atoms with Gasteiger partial charge < -0.3 is 5.32 Å². The van der Waals surface area contributed by atoms with E-state index in [1.54, 1.807) is 0 Å². The van der Waals surface area contributed by atoms with Gasteiger partial charge in [-0.15, -0.1) is 0 Å². The number of nitrogens with one attached hydrogen (secondary N) is 1. The van der Waals surface area contributed by atoms with Gasteiger partial charge in [0, 0.05) is 18.7 Å². The maximum Gasteiger partial charge on any atom is 0.232 e. The van der Waals surface area contributed by atoms with E-state index in [0.717, 1.165) is 33.5 Å². The Labute approximate surface area is 162 Å². The van der Waals surface area contributed by atoms with Gasteiger partial charge in [0.25, 0.3) is 0 Å². The fraction of sp³-hybridized carbons (Fsp3) is 0.381. The lowest BCUT2D eigenvalue weighted by Gasteiger charge is -2.26. The van der Waals surface area contributed by atoms with Crippen molar-refractivity contribution < 1.29 is 13.2 Å². The molecule has 1 amide bonds.